The number of fused-ring (bicyclic) bond motifs is 6. The van der Waals surface area contributed by atoms with Crippen LogP contribution in [0, 0.1) is 5.82 Å². The molecule has 1 saturated carbocycles. The van der Waals surface area contributed by atoms with E-state index in [2.05, 4.69) is 10.2 Å². The van der Waals surface area contributed by atoms with Crippen LogP contribution in [0.2, 0.25) is 0 Å². The third-order valence-corrected chi connectivity index (χ3v) is 7.15. The Morgan fingerprint density at radius 1 is 1.17 bits per heavy atom. The Balaban J connectivity index is 0.000000806. The maximum Gasteiger partial charge on any atom is 0.290 e. The molecule has 4 aromatic rings. The van der Waals surface area contributed by atoms with Gasteiger partial charge < -0.3 is 9.84 Å². The molecule has 35 heavy (non-hydrogen) atoms. The highest BCUT2D eigenvalue weighted by molar-refractivity contribution is 5.74. The molecule has 2 aromatic carbocycles. The predicted molar refractivity (Wildman–Crippen MR) is 127 cm³/mol. The van der Waals surface area contributed by atoms with E-state index in [0.29, 0.717) is 12.3 Å². The Kier molecular flexibility index (Phi) is 5.84. The predicted octanol–water partition coefficient (Wildman–Crippen LogP) is 3.82. The van der Waals surface area contributed by atoms with Crippen molar-refractivity contribution in [1.82, 2.24) is 19.2 Å². The second kappa shape index (κ2) is 8.98. The zero-order chi connectivity index (χ0) is 24.6. The van der Waals surface area contributed by atoms with Crippen molar-refractivity contribution in [3.63, 3.8) is 0 Å². The van der Waals surface area contributed by atoms with E-state index in [9.17, 15) is 9.18 Å². The Labute approximate surface area is 200 Å². The van der Waals surface area contributed by atoms with Gasteiger partial charge in [0.05, 0.1) is 19.3 Å². The second-order valence-electron chi connectivity index (χ2n) is 9.04. The molecule has 8 nitrogen and oxygen atoms in total. The molecule has 0 amide bonds. The molecule has 9 heteroatoms. The van der Waals surface area contributed by atoms with Gasteiger partial charge in [0.1, 0.15) is 17.9 Å². The number of halogens is 1. The Bertz CT molecular complexity index is 1450. The van der Waals surface area contributed by atoms with Gasteiger partial charge in [-0.1, -0.05) is 31.0 Å². The van der Waals surface area contributed by atoms with Crippen LogP contribution in [0.5, 0.6) is 5.75 Å². The van der Waals surface area contributed by atoms with E-state index in [1.807, 2.05) is 34.7 Å². The molecule has 0 unspecified atom stereocenters. The van der Waals surface area contributed by atoms with Crippen molar-refractivity contribution in [1.29, 1.82) is 0 Å². The quantitative estimate of drug-likeness (QED) is 0.452. The molecule has 0 atom stereocenters. The number of hydrogen-bond acceptors (Lipinski definition) is 5. The lowest BCUT2D eigenvalue weighted by Gasteiger charge is -2.37. The van der Waals surface area contributed by atoms with Crippen molar-refractivity contribution in [3.05, 3.63) is 81.7 Å². The molecule has 2 aromatic heterocycles. The molecule has 2 heterocycles. The van der Waals surface area contributed by atoms with Crippen LogP contribution in [-0.4, -0.2) is 37.9 Å². The van der Waals surface area contributed by atoms with Gasteiger partial charge in [-0.05, 0) is 54.7 Å². The molecular weight excluding hydrogens is 451 g/mol. The summed E-state index contributed by atoms with van der Waals surface area (Å²) < 4.78 is 23.1. The van der Waals surface area contributed by atoms with Gasteiger partial charge in [0, 0.05) is 16.5 Å². The van der Waals surface area contributed by atoms with Gasteiger partial charge in [0.25, 0.3) is 12.0 Å². The summed E-state index contributed by atoms with van der Waals surface area (Å²) in [6.45, 7) is 0.129. The average Bonchev–Trinajstić information content (AvgIpc) is 3.53. The van der Waals surface area contributed by atoms with Gasteiger partial charge in [-0.3, -0.25) is 18.6 Å². The van der Waals surface area contributed by atoms with Crippen LogP contribution < -0.4 is 10.3 Å². The van der Waals surface area contributed by atoms with E-state index in [4.69, 9.17) is 14.6 Å². The summed E-state index contributed by atoms with van der Waals surface area (Å²) in [4.78, 5) is 22.4. The lowest BCUT2D eigenvalue weighted by atomic mass is 9.68. The van der Waals surface area contributed by atoms with Gasteiger partial charge in [-0.2, -0.15) is 0 Å². The van der Waals surface area contributed by atoms with E-state index < -0.39 is 0 Å². The average molecular weight is 477 g/mol. The molecule has 0 bridgehead atoms. The summed E-state index contributed by atoms with van der Waals surface area (Å²) in [6.07, 6.45) is 6.51. The van der Waals surface area contributed by atoms with Gasteiger partial charge in [0.2, 0.25) is 5.78 Å². The number of carboxylic acid groups (broad SMARTS) is 1. The number of nitrogens with zero attached hydrogens (tertiary/aromatic N) is 4. The number of ether oxygens (including phenoxy) is 1. The summed E-state index contributed by atoms with van der Waals surface area (Å²) in [5.74, 6) is 0.929. The molecule has 6 rings (SSSR count). The van der Waals surface area contributed by atoms with Crippen molar-refractivity contribution in [2.24, 2.45) is 0 Å². The normalized spacial score (nSPS) is 15.3. The lowest BCUT2D eigenvalue weighted by molar-refractivity contribution is -0.122. The van der Waals surface area contributed by atoms with Crippen LogP contribution in [-0.2, 0) is 23.2 Å². The number of benzene rings is 2. The summed E-state index contributed by atoms with van der Waals surface area (Å²) in [6, 6.07) is 12.6. The second-order valence-corrected chi connectivity index (χ2v) is 9.04. The molecule has 1 spiro atoms. The van der Waals surface area contributed by atoms with Gasteiger partial charge in [-0.25, -0.2) is 4.39 Å². The molecule has 0 saturated heterocycles. The maximum absolute atomic E-state index is 14.3. The van der Waals surface area contributed by atoms with E-state index in [1.54, 1.807) is 24.1 Å². The highest BCUT2D eigenvalue weighted by Crippen LogP contribution is 2.50. The number of methoxy groups -OCH3 is 1. The zero-order valence-corrected chi connectivity index (χ0v) is 19.3. The summed E-state index contributed by atoms with van der Waals surface area (Å²) in [5.41, 5.74) is 4.10. The minimum atomic E-state index is -0.305. The fraction of sp³-hybridized carbons (Fsp3) is 0.308. The molecular formula is C26H25FN4O4. The van der Waals surface area contributed by atoms with E-state index in [-0.39, 0.29) is 23.3 Å². The first kappa shape index (κ1) is 22.8. The zero-order valence-electron chi connectivity index (χ0n) is 19.3. The third-order valence-electron chi connectivity index (χ3n) is 7.15. The fourth-order valence-corrected chi connectivity index (χ4v) is 5.67. The number of carbonyl (C=O) groups is 1. The first-order valence-electron chi connectivity index (χ1n) is 11.5. The van der Waals surface area contributed by atoms with Crippen LogP contribution in [0.3, 0.4) is 0 Å². The van der Waals surface area contributed by atoms with Crippen LogP contribution in [0.15, 0.2) is 53.6 Å². The molecule has 1 N–H and O–H groups in total. The minimum Gasteiger partial charge on any atom is -0.497 e. The smallest absolute Gasteiger partial charge is 0.290 e. The van der Waals surface area contributed by atoms with E-state index >= 15 is 0 Å². The van der Waals surface area contributed by atoms with Crippen molar-refractivity contribution >= 4 is 12.2 Å². The monoisotopic (exact) mass is 476 g/mol. The van der Waals surface area contributed by atoms with Crippen molar-refractivity contribution < 1.29 is 19.0 Å². The van der Waals surface area contributed by atoms with E-state index in [1.165, 1.54) is 6.07 Å². The summed E-state index contributed by atoms with van der Waals surface area (Å²) in [5, 5.41) is 15.3. The number of aromatic nitrogens is 4. The molecule has 2 aliphatic rings. The SMILES string of the molecule is COc1ccc(Cn2c(=O)c3c(n4cnnc24)-c2cc(F)ccc2CC32CCCC2)cc1.O=CO. The Hall–Kier alpha value is -4.01. The standard InChI is InChI=1S/C25H23FN4O2.CH2O2/c1-32-19-8-4-16(5-9-19)14-29-23(31)21-22(30-15-27-28-24(29)30)20-12-18(26)7-6-17(20)13-25(21)10-2-3-11-25;2-1-3/h4-9,12,15H,2-3,10-11,13-14H2,1H3;1H,(H,2,3). The molecule has 2 aliphatic carbocycles. The molecule has 180 valence electrons. The number of hydrogen-bond donors (Lipinski definition) is 1. The van der Waals surface area contributed by atoms with Crippen molar-refractivity contribution in [2.75, 3.05) is 7.11 Å². The van der Waals surface area contributed by atoms with Gasteiger partial charge in [0.15, 0.2) is 0 Å². The number of rotatable bonds is 3. The highest BCUT2D eigenvalue weighted by Gasteiger charge is 2.45. The molecule has 0 aliphatic heterocycles. The van der Waals surface area contributed by atoms with Crippen molar-refractivity contribution in [2.45, 2.75) is 44.1 Å². The van der Waals surface area contributed by atoms with Gasteiger partial charge in [-0.15, -0.1) is 10.2 Å². The maximum atomic E-state index is 14.3. The first-order valence-corrected chi connectivity index (χ1v) is 11.5. The van der Waals surface area contributed by atoms with Crippen molar-refractivity contribution in [3.8, 4) is 17.0 Å². The molecule has 1 fully saturated rings. The van der Waals surface area contributed by atoms with Crippen LogP contribution >= 0.6 is 0 Å². The summed E-state index contributed by atoms with van der Waals surface area (Å²) in [7, 11) is 1.63. The molecule has 0 radical (unpaired) electrons. The highest BCUT2D eigenvalue weighted by atomic mass is 19.1. The topological polar surface area (TPSA) is 98.7 Å². The van der Waals surface area contributed by atoms with Crippen LogP contribution in [0.4, 0.5) is 4.39 Å². The van der Waals surface area contributed by atoms with Crippen LogP contribution in [0.25, 0.3) is 17.0 Å². The summed E-state index contributed by atoms with van der Waals surface area (Å²) >= 11 is 0. The van der Waals surface area contributed by atoms with Gasteiger partial charge >= 0.3 is 0 Å². The third kappa shape index (κ3) is 3.77. The first-order chi connectivity index (χ1) is 17.0. The fourth-order valence-electron chi connectivity index (χ4n) is 5.67. The Morgan fingerprint density at radius 3 is 2.57 bits per heavy atom. The van der Waals surface area contributed by atoms with Crippen LogP contribution in [0.1, 0.15) is 42.4 Å². The Morgan fingerprint density at radius 2 is 1.89 bits per heavy atom. The lowest BCUT2D eigenvalue weighted by Crippen LogP contribution is -2.40. The minimum absolute atomic E-state index is 0.0480. The largest absolute Gasteiger partial charge is 0.497 e. The van der Waals surface area contributed by atoms with E-state index in [0.717, 1.165) is 65.8 Å².